The van der Waals surface area contributed by atoms with Crippen molar-refractivity contribution in [1.82, 2.24) is 0 Å². The second-order valence-corrected chi connectivity index (χ2v) is 3.95. The zero-order chi connectivity index (χ0) is 15.3. The third-order valence-electron chi connectivity index (χ3n) is 2.71. The molecule has 1 aromatic rings. The number of ether oxygens (including phenoxy) is 3. The van der Waals surface area contributed by atoms with Crippen molar-refractivity contribution < 1.29 is 28.5 Å². The van der Waals surface area contributed by atoms with Gasteiger partial charge in [0.05, 0.1) is 26.9 Å². The lowest BCUT2D eigenvalue weighted by molar-refractivity contribution is -0.149. The summed E-state index contributed by atoms with van der Waals surface area (Å²) >= 11 is 0. The standard InChI is InChI=1S/C13H18FNO5/c1-4-20-13(17)10(14)11(15)7-5-8(18-2)12(16)9(6-7)19-3/h5-6,10-11,16H,4,15H2,1-3H3/t10?,11-/m0/s1. The Balaban J connectivity index is 3.09. The molecule has 0 aliphatic carbocycles. The fourth-order valence-electron chi connectivity index (χ4n) is 1.64. The summed E-state index contributed by atoms with van der Waals surface area (Å²) in [6, 6.07) is 1.43. The summed E-state index contributed by atoms with van der Waals surface area (Å²) in [6.07, 6.45) is -2.02. The van der Waals surface area contributed by atoms with Crippen molar-refractivity contribution in [2.45, 2.75) is 19.1 Å². The fraction of sp³-hybridized carbons (Fsp3) is 0.462. The van der Waals surface area contributed by atoms with Gasteiger partial charge in [-0.15, -0.1) is 0 Å². The second kappa shape index (κ2) is 6.95. The number of hydrogen-bond donors (Lipinski definition) is 2. The quantitative estimate of drug-likeness (QED) is 0.767. The van der Waals surface area contributed by atoms with Crippen LogP contribution in [0, 0.1) is 0 Å². The van der Waals surface area contributed by atoms with Gasteiger partial charge in [0.1, 0.15) is 0 Å². The number of carbonyl (C=O) groups excluding carboxylic acids is 1. The first-order valence-electron chi connectivity index (χ1n) is 5.97. The predicted octanol–water partition coefficient (Wildman–Crippen LogP) is 1.31. The van der Waals surface area contributed by atoms with Crippen LogP contribution in [0.5, 0.6) is 17.2 Å². The van der Waals surface area contributed by atoms with Crippen molar-refractivity contribution in [2.75, 3.05) is 20.8 Å². The van der Waals surface area contributed by atoms with Crippen LogP contribution in [0.1, 0.15) is 18.5 Å². The van der Waals surface area contributed by atoms with E-state index >= 15 is 0 Å². The van der Waals surface area contributed by atoms with Crippen molar-refractivity contribution in [1.29, 1.82) is 0 Å². The number of rotatable bonds is 6. The third-order valence-corrected chi connectivity index (χ3v) is 2.71. The van der Waals surface area contributed by atoms with E-state index in [0.29, 0.717) is 0 Å². The average Bonchev–Trinajstić information content (AvgIpc) is 2.46. The molecule has 0 saturated carbocycles. The summed E-state index contributed by atoms with van der Waals surface area (Å²) in [5.74, 6) is -1.11. The van der Waals surface area contributed by atoms with Crippen LogP contribution in [-0.2, 0) is 9.53 Å². The zero-order valence-electron chi connectivity index (χ0n) is 11.6. The number of carbonyl (C=O) groups is 1. The Hall–Kier alpha value is -2.02. The molecule has 20 heavy (non-hydrogen) atoms. The highest BCUT2D eigenvalue weighted by atomic mass is 19.1. The van der Waals surface area contributed by atoms with Crippen LogP contribution in [0.25, 0.3) is 0 Å². The molecule has 1 rings (SSSR count). The summed E-state index contributed by atoms with van der Waals surface area (Å²) in [7, 11) is 2.67. The molecule has 0 aromatic heterocycles. The normalized spacial score (nSPS) is 13.4. The monoisotopic (exact) mass is 287 g/mol. The van der Waals surface area contributed by atoms with Gasteiger partial charge in [0.15, 0.2) is 11.5 Å². The first-order valence-corrected chi connectivity index (χ1v) is 5.97. The van der Waals surface area contributed by atoms with Crippen LogP contribution in [-0.4, -0.2) is 38.1 Å². The van der Waals surface area contributed by atoms with Gasteiger partial charge < -0.3 is 25.1 Å². The summed E-state index contributed by atoms with van der Waals surface area (Å²) < 4.78 is 28.4. The third kappa shape index (κ3) is 3.30. The van der Waals surface area contributed by atoms with E-state index in [1.165, 1.54) is 26.4 Å². The molecule has 0 aliphatic heterocycles. The maximum Gasteiger partial charge on any atom is 0.342 e. The van der Waals surface area contributed by atoms with E-state index in [0.717, 1.165) is 0 Å². The molecule has 0 heterocycles. The molecule has 0 aliphatic rings. The second-order valence-electron chi connectivity index (χ2n) is 3.95. The molecule has 6 nitrogen and oxygen atoms in total. The van der Waals surface area contributed by atoms with Crippen LogP contribution in [0.2, 0.25) is 0 Å². The Labute approximate surface area is 116 Å². The van der Waals surface area contributed by atoms with Gasteiger partial charge in [0, 0.05) is 0 Å². The van der Waals surface area contributed by atoms with Gasteiger partial charge in [-0.3, -0.25) is 0 Å². The molecule has 0 spiro atoms. The van der Waals surface area contributed by atoms with E-state index in [-0.39, 0.29) is 29.4 Å². The van der Waals surface area contributed by atoms with Crippen LogP contribution in [0.15, 0.2) is 12.1 Å². The zero-order valence-corrected chi connectivity index (χ0v) is 11.6. The van der Waals surface area contributed by atoms with Gasteiger partial charge in [0.2, 0.25) is 11.9 Å². The van der Waals surface area contributed by atoms with Gasteiger partial charge in [-0.1, -0.05) is 0 Å². The molecule has 7 heteroatoms. The highest BCUT2D eigenvalue weighted by molar-refractivity contribution is 5.76. The Morgan fingerprint density at radius 2 is 1.85 bits per heavy atom. The summed E-state index contributed by atoms with van der Waals surface area (Å²) in [4.78, 5) is 11.3. The van der Waals surface area contributed by atoms with Crippen molar-refractivity contribution in [3.8, 4) is 17.2 Å². The average molecular weight is 287 g/mol. The SMILES string of the molecule is CCOC(=O)C(F)[C@@H](N)c1cc(OC)c(O)c(OC)c1. The molecule has 0 radical (unpaired) electrons. The number of alkyl halides is 1. The first kappa shape index (κ1) is 16.0. The number of nitrogens with two attached hydrogens (primary N) is 1. The van der Waals surface area contributed by atoms with Crippen LogP contribution in [0.4, 0.5) is 4.39 Å². The molecule has 112 valence electrons. The van der Waals surface area contributed by atoms with Gasteiger partial charge in [-0.05, 0) is 24.6 Å². The lowest BCUT2D eigenvalue weighted by Gasteiger charge is -2.18. The van der Waals surface area contributed by atoms with Crippen molar-refractivity contribution in [2.24, 2.45) is 5.73 Å². The van der Waals surface area contributed by atoms with Gasteiger partial charge >= 0.3 is 5.97 Å². The molecule has 0 bridgehead atoms. The molecular formula is C13H18FNO5. The molecule has 2 atom stereocenters. The van der Waals surface area contributed by atoms with Crippen molar-refractivity contribution in [3.63, 3.8) is 0 Å². The first-order chi connectivity index (χ1) is 9.46. The largest absolute Gasteiger partial charge is 0.502 e. The fourth-order valence-corrected chi connectivity index (χ4v) is 1.64. The molecule has 0 amide bonds. The van der Waals surface area contributed by atoms with E-state index in [4.69, 9.17) is 15.2 Å². The molecule has 0 saturated heterocycles. The molecule has 1 unspecified atom stereocenters. The maximum absolute atomic E-state index is 13.9. The number of benzene rings is 1. The Morgan fingerprint density at radius 1 is 1.35 bits per heavy atom. The summed E-state index contributed by atoms with van der Waals surface area (Å²) in [5.41, 5.74) is 5.95. The van der Waals surface area contributed by atoms with E-state index in [9.17, 15) is 14.3 Å². The van der Waals surface area contributed by atoms with Gasteiger partial charge in [-0.25, -0.2) is 9.18 Å². The smallest absolute Gasteiger partial charge is 0.342 e. The van der Waals surface area contributed by atoms with E-state index in [1.54, 1.807) is 6.92 Å². The van der Waals surface area contributed by atoms with E-state index in [1.807, 2.05) is 0 Å². The minimum Gasteiger partial charge on any atom is -0.502 e. The van der Waals surface area contributed by atoms with Crippen molar-refractivity contribution >= 4 is 5.97 Å². The van der Waals surface area contributed by atoms with E-state index < -0.39 is 18.2 Å². The Kier molecular flexibility index (Phi) is 5.57. The van der Waals surface area contributed by atoms with Crippen LogP contribution >= 0.6 is 0 Å². The minimum absolute atomic E-state index is 0.0637. The van der Waals surface area contributed by atoms with Crippen molar-refractivity contribution in [3.05, 3.63) is 17.7 Å². The van der Waals surface area contributed by atoms with E-state index in [2.05, 4.69) is 4.74 Å². The number of phenolic OH excluding ortho intramolecular Hbond substituents is 1. The number of hydrogen-bond acceptors (Lipinski definition) is 6. The number of halogens is 1. The van der Waals surface area contributed by atoms with Crippen LogP contribution in [0.3, 0.4) is 0 Å². The Bertz CT molecular complexity index is 455. The number of phenols is 1. The maximum atomic E-state index is 13.9. The predicted molar refractivity (Wildman–Crippen MR) is 69.7 cm³/mol. The summed E-state index contributed by atoms with van der Waals surface area (Å²) in [5, 5.41) is 9.75. The lowest BCUT2D eigenvalue weighted by atomic mass is 10.0. The number of methoxy groups -OCH3 is 2. The van der Waals surface area contributed by atoms with Gasteiger partial charge in [-0.2, -0.15) is 0 Å². The molecule has 0 fully saturated rings. The lowest BCUT2D eigenvalue weighted by Crippen LogP contribution is -2.31. The molecular weight excluding hydrogens is 269 g/mol. The number of esters is 1. The minimum atomic E-state index is -2.02. The molecule has 3 N–H and O–H groups in total. The highest BCUT2D eigenvalue weighted by Gasteiger charge is 2.29. The molecule has 1 aromatic carbocycles. The highest BCUT2D eigenvalue weighted by Crippen LogP contribution is 2.39. The van der Waals surface area contributed by atoms with Crippen LogP contribution < -0.4 is 15.2 Å². The van der Waals surface area contributed by atoms with Gasteiger partial charge in [0.25, 0.3) is 0 Å². The Morgan fingerprint density at radius 3 is 2.25 bits per heavy atom. The number of aromatic hydroxyl groups is 1. The summed E-state index contributed by atoms with van der Waals surface area (Å²) in [6.45, 7) is 1.64. The topological polar surface area (TPSA) is 91.0 Å².